The molecule has 0 amide bonds. The standard InChI is InChI=1S/C11H17N2O/c1-10(2)3-5-11(14,6-4-10)9-7-12-8-13-9/h5,7-8,14H,3-4,6H2,1-2H3,(H,12,13). The summed E-state index contributed by atoms with van der Waals surface area (Å²) >= 11 is 0. The lowest BCUT2D eigenvalue weighted by Gasteiger charge is -2.38. The van der Waals surface area contributed by atoms with Crippen LogP contribution in [-0.2, 0) is 5.60 Å². The minimum Gasteiger partial charge on any atom is -0.383 e. The fraction of sp³-hybridized carbons (Fsp3) is 0.636. The maximum atomic E-state index is 10.3. The maximum Gasteiger partial charge on any atom is 0.111 e. The van der Waals surface area contributed by atoms with E-state index in [0.29, 0.717) is 5.41 Å². The fourth-order valence-electron chi connectivity index (χ4n) is 1.91. The van der Waals surface area contributed by atoms with E-state index in [1.807, 2.05) is 6.42 Å². The molecule has 77 valence electrons. The summed E-state index contributed by atoms with van der Waals surface area (Å²) in [6.45, 7) is 4.46. The van der Waals surface area contributed by atoms with Crippen LogP contribution in [0.3, 0.4) is 0 Å². The summed E-state index contributed by atoms with van der Waals surface area (Å²) < 4.78 is 0. The summed E-state index contributed by atoms with van der Waals surface area (Å²) in [6, 6.07) is 0. The third kappa shape index (κ3) is 1.69. The van der Waals surface area contributed by atoms with Gasteiger partial charge in [-0.15, -0.1) is 0 Å². The molecule has 1 aliphatic rings. The van der Waals surface area contributed by atoms with Crippen molar-refractivity contribution in [2.75, 3.05) is 0 Å². The summed E-state index contributed by atoms with van der Waals surface area (Å²) in [5, 5.41) is 10.3. The van der Waals surface area contributed by atoms with Crippen molar-refractivity contribution in [2.45, 2.75) is 38.7 Å². The molecule has 1 radical (unpaired) electrons. The van der Waals surface area contributed by atoms with Crippen molar-refractivity contribution >= 4 is 0 Å². The van der Waals surface area contributed by atoms with Gasteiger partial charge in [-0.25, -0.2) is 4.98 Å². The molecule has 1 aromatic heterocycles. The number of aromatic nitrogens is 2. The van der Waals surface area contributed by atoms with Gasteiger partial charge in [0, 0.05) is 6.20 Å². The minimum absolute atomic E-state index is 0.322. The van der Waals surface area contributed by atoms with E-state index in [9.17, 15) is 5.11 Å². The third-order valence-corrected chi connectivity index (χ3v) is 3.12. The van der Waals surface area contributed by atoms with Gasteiger partial charge in [0.2, 0.25) is 0 Å². The van der Waals surface area contributed by atoms with Gasteiger partial charge in [-0.1, -0.05) is 13.8 Å². The summed E-state index contributed by atoms with van der Waals surface area (Å²) in [4.78, 5) is 7.00. The largest absolute Gasteiger partial charge is 0.383 e. The van der Waals surface area contributed by atoms with Crippen molar-refractivity contribution in [3.63, 3.8) is 0 Å². The van der Waals surface area contributed by atoms with Gasteiger partial charge in [0.15, 0.2) is 0 Å². The average Bonchev–Trinajstić information content (AvgIpc) is 2.64. The molecule has 14 heavy (non-hydrogen) atoms. The Labute approximate surface area is 84.6 Å². The van der Waals surface area contributed by atoms with Crippen LogP contribution in [0.1, 0.15) is 38.8 Å². The molecule has 3 heteroatoms. The molecular weight excluding hydrogens is 176 g/mol. The van der Waals surface area contributed by atoms with E-state index >= 15 is 0 Å². The van der Waals surface area contributed by atoms with Gasteiger partial charge in [0.25, 0.3) is 0 Å². The van der Waals surface area contributed by atoms with Crippen LogP contribution >= 0.6 is 0 Å². The van der Waals surface area contributed by atoms with Crippen molar-refractivity contribution in [1.29, 1.82) is 0 Å². The van der Waals surface area contributed by atoms with Gasteiger partial charge in [-0.2, -0.15) is 0 Å². The molecule has 0 saturated heterocycles. The molecular formula is C11H17N2O. The molecule has 2 rings (SSSR count). The van der Waals surface area contributed by atoms with Crippen LogP contribution in [0.5, 0.6) is 0 Å². The van der Waals surface area contributed by atoms with Crippen LogP contribution in [0.2, 0.25) is 0 Å². The van der Waals surface area contributed by atoms with E-state index in [2.05, 4.69) is 23.8 Å². The molecule has 2 N–H and O–H groups in total. The highest BCUT2D eigenvalue weighted by atomic mass is 16.3. The first-order valence-electron chi connectivity index (χ1n) is 5.08. The molecule has 1 fully saturated rings. The number of aliphatic hydroxyl groups is 1. The van der Waals surface area contributed by atoms with Crippen LogP contribution in [-0.4, -0.2) is 15.1 Å². The average molecular weight is 193 g/mol. The highest BCUT2D eigenvalue weighted by Gasteiger charge is 2.39. The molecule has 0 aromatic carbocycles. The molecule has 1 saturated carbocycles. The maximum absolute atomic E-state index is 10.3. The van der Waals surface area contributed by atoms with E-state index in [0.717, 1.165) is 25.0 Å². The Morgan fingerprint density at radius 1 is 1.43 bits per heavy atom. The van der Waals surface area contributed by atoms with Crippen LogP contribution in [0.4, 0.5) is 0 Å². The Bertz CT molecular complexity index is 293. The smallest absolute Gasteiger partial charge is 0.111 e. The molecule has 1 atom stereocenters. The quantitative estimate of drug-likeness (QED) is 0.716. The van der Waals surface area contributed by atoms with Crippen molar-refractivity contribution in [3.05, 3.63) is 24.6 Å². The molecule has 1 aliphatic carbocycles. The Morgan fingerprint density at radius 2 is 2.21 bits per heavy atom. The van der Waals surface area contributed by atoms with Crippen LogP contribution in [0.25, 0.3) is 0 Å². The molecule has 0 bridgehead atoms. The molecule has 0 spiro atoms. The second kappa shape index (κ2) is 3.09. The number of hydrogen-bond acceptors (Lipinski definition) is 2. The summed E-state index contributed by atoms with van der Waals surface area (Å²) in [7, 11) is 0. The first-order chi connectivity index (χ1) is 6.52. The van der Waals surface area contributed by atoms with Crippen molar-refractivity contribution in [2.24, 2.45) is 5.41 Å². The zero-order chi connectivity index (χ0) is 10.2. The second-order valence-corrected chi connectivity index (χ2v) is 4.95. The van der Waals surface area contributed by atoms with E-state index in [1.54, 1.807) is 12.5 Å². The molecule has 0 aliphatic heterocycles. The van der Waals surface area contributed by atoms with Gasteiger partial charge in [0.1, 0.15) is 5.60 Å². The summed E-state index contributed by atoms with van der Waals surface area (Å²) in [5.41, 5.74) is 0.255. The van der Waals surface area contributed by atoms with E-state index in [4.69, 9.17) is 0 Å². The first kappa shape index (κ1) is 9.71. The number of hydrogen-bond donors (Lipinski definition) is 2. The lowest BCUT2D eigenvalue weighted by molar-refractivity contribution is 0.0125. The molecule has 1 heterocycles. The van der Waals surface area contributed by atoms with Crippen LogP contribution in [0.15, 0.2) is 12.5 Å². The Kier molecular flexibility index (Phi) is 2.14. The molecule has 1 unspecified atom stereocenters. The lowest BCUT2D eigenvalue weighted by Crippen LogP contribution is -2.35. The van der Waals surface area contributed by atoms with Gasteiger partial charge in [0.05, 0.1) is 12.0 Å². The fourth-order valence-corrected chi connectivity index (χ4v) is 1.91. The SMILES string of the molecule is CC1(C)C[CH]C(O)(c2c[nH]cn2)CC1. The normalized spacial score (nSPS) is 24.8. The van der Waals surface area contributed by atoms with Crippen LogP contribution in [0, 0.1) is 11.8 Å². The highest BCUT2D eigenvalue weighted by Crippen LogP contribution is 2.43. The minimum atomic E-state index is -0.810. The summed E-state index contributed by atoms with van der Waals surface area (Å²) in [6.07, 6.45) is 8.12. The van der Waals surface area contributed by atoms with Crippen LogP contribution < -0.4 is 0 Å². The lowest BCUT2D eigenvalue weighted by atomic mass is 9.70. The topological polar surface area (TPSA) is 48.9 Å². The number of nitrogens with zero attached hydrogens (tertiary/aromatic N) is 1. The molecule has 1 aromatic rings. The number of nitrogens with one attached hydrogen (secondary N) is 1. The molecule has 3 nitrogen and oxygen atoms in total. The number of rotatable bonds is 1. The van der Waals surface area contributed by atoms with Crippen molar-refractivity contribution in [1.82, 2.24) is 9.97 Å². The first-order valence-corrected chi connectivity index (χ1v) is 5.08. The number of imidazole rings is 1. The summed E-state index contributed by atoms with van der Waals surface area (Å²) in [5.74, 6) is 0. The zero-order valence-electron chi connectivity index (χ0n) is 8.75. The second-order valence-electron chi connectivity index (χ2n) is 4.95. The Morgan fingerprint density at radius 3 is 2.71 bits per heavy atom. The third-order valence-electron chi connectivity index (χ3n) is 3.12. The van der Waals surface area contributed by atoms with Gasteiger partial charge >= 0.3 is 0 Å². The zero-order valence-corrected chi connectivity index (χ0v) is 8.75. The number of aromatic amines is 1. The van der Waals surface area contributed by atoms with Gasteiger partial charge in [-0.05, 0) is 31.1 Å². The van der Waals surface area contributed by atoms with E-state index in [-0.39, 0.29) is 0 Å². The predicted molar refractivity (Wildman–Crippen MR) is 54.4 cm³/mol. The van der Waals surface area contributed by atoms with Gasteiger partial charge < -0.3 is 10.1 Å². The van der Waals surface area contributed by atoms with Crippen molar-refractivity contribution < 1.29 is 5.11 Å². The van der Waals surface area contributed by atoms with E-state index < -0.39 is 5.60 Å². The van der Waals surface area contributed by atoms with Crippen molar-refractivity contribution in [3.8, 4) is 0 Å². The predicted octanol–water partition coefficient (Wildman–Crippen LogP) is 2.01. The highest BCUT2D eigenvalue weighted by molar-refractivity contribution is 5.16. The van der Waals surface area contributed by atoms with E-state index in [1.165, 1.54) is 0 Å². The monoisotopic (exact) mass is 193 g/mol. The van der Waals surface area contributed by atoms with Gasteiger partial charge in [-0.3, -0.25) is 0 Å². The number of H-pyrrole nitrogens is 1. The Hall–Kier alpha value is -0.830. The Balaban J connectivity index is 2.13.